The monoisotopic (exact) mass is 321 g/mol. The molecule has 6 nitrogen and oxygen atoms in total. The van der Waals surface area contributed by atoms with Crippen LogP contribution in [0.3, 0.4) is 0 Å². The molecule has 0 unspecified atom stereocenters. The fraction of sp³-hybridized carbons (Fsp3) is 0.133. The maximum absolute atomic E-state index is 12.2. The molecule has 0 saturated carbocycles. The molecule has 22 heavy (non-hydrogen) atoms. The van der Waals surface area contributed by atoms with Crippen molar-refractivity contribution in [3.8, 4) is 5.75 Å². The average Bonchev–Trinajstić information content (AvgIpc) is 2.47. The summed E-state index contributed by atoms with van der Waals surface area (Å²) < 4.78 is 31.4. The van der Waals surface area contributed by atoms with Crippen LogP contribution in [0.2, 0.25) is 0 Å². The van der Waals surface area contributed by atoms with Crippen molar-refractivity contribution >= 4 is 21.7 Å². The summed E-state index contributed by atoms with van der Waals surface area (Å²) in [5.41, 5.74) is 0.979. The second kappa shape index (κ2) is 6.48. The molecule has 0 aliphatic carbocycles. The van der Waals surface area contributed by atoms with Crippen molar-refractivity contribution in [3.05, 3.63) is 54.1 Å². The number of hydrogen-bond donors (Lipinski definition) is 2. The van der Waals surface area contributed by atoms with Crippen LogP contribution in [-0.4, -0.2) is 26.6 Å². The largest absolute Gasteiger partial charge is 0.508 e. The number of anilines is 1. The van der Waals surface area contributed by atoms with Crippen molar-refractivity contribution in [1.29, 1.82) is 0 Å². The zero-order valence-electron chi connectivity index (χ0n) is 11.8. The Balaban J connectivity index is 2.21. The first-order chi connectivity index (χ1) is 10.4. The molecule has 7 heteroatoms. The van der Waals surface area contributed by atoms with Crippen molar-refractivity contribution < 1.29 is 23.1 Å². The summed E-state index contributed by atoms with van der Waals surface area (Å²) in [4.78, 5) is 11.3. The van der Waals surface area contributed by atoms with Gasteiger partial charge in [-0.1, -0.05) is 12.1 Å². The van der Waals surface area contributed by atoms with Crippen molar-refractivity contribution in [3.63, 3.8) is 0 Å². The third kappa shape index (κ3) is 3.98. The van der Waals surface area contributed by atoms with Gasteiger partial charge >= 0.3 is 5.97 Å². The molecule has 0 spiro atoms. The van der Waals surface area contributed by atoms with Crippen LogP contribution in [0.5, 0.6) is 5.75 Å². The van der Waals surface area contributed by atoms with Gasteiger partial charge in [0.1, 0.15) is 5.75 Å². The number of ether oxygens (including phenoxy) is 1. The standard InChI is InChI=1S/C15H15NO5S/c1-21-15(18)10-11-3-2-4-12(9-11)16-22(19,20)14-7-5-13(17)6-8-14/h2-9,16-17H,10H2,1H3. The first-order valence-corrected chi connectivity index (χ1v) is 7.86. The van der Waals surface area contributed by atoms with Gasteiger partial charge < -0.3 is 9.84 Å². The molecule has 0 aromatic heterocycles. The molecule has 2 rings (SSSR count). The Morgan fingerprint density at radius 1 is 1.18 bits per heavy atom. The Morgan fingerprint density at radius 3 is 2.50 bits per heavy atom. The van der Waals surface area contributed by atoms with Gasteiger partial charge in [0.05, 0.1) is 18.4 Å². The number of esters is 1. The highest BCUT2D eigenvalue weighted by Gasteiger charge is 2.14. The normalized spacial score (nSPS) is 11.0. The van der Waals surface area contributed by atoms with Crippen molar-refractivity contribution in [2.24, 2.45) is 0 Å². The van der Waals surface area contributed by atoms with Gasteiger partial charge in [0.25, 0.3) is 10.0 Å². The quantitative estimate of drug-likeness (QED) is 0.821. The van der Waals surface area contributed by atoms with E-state index in [0.717, 1.165) is 0 Å². The van der Waals surface area contributed by atoms with E-state index in [-0.39, 0.29) is 17.1 Å². The third-order valence-electron chi connectivity index (χ3n) is 2.90. The number of carbonyl (C=O) groups excluding carboxylic acids is 1. The van der Waals surface area contributed by atoms with Gasteiger partial charge in [0.15, 0.2) is 0 Å². The van der Waals surface area contributed by atoms with Crippen LogP contribution in [-0.2, 0) is 26.0 Å². The van der Waals surface area contributed by atoms with E-state index in [9.17, 15) is 18.3 Å². The topological polar surface area (TPSA) is 92.7 Å². The number of rotatable bonds is 5. The van der Waals surface area contributed by atoms with Gasteiger partial charge in [-0.2, -0.15) is 0 Å². The maximum Gasteiger partial charge on any atom is 0.309 e. The summed E-state index contributed by atoms with van der Waals surface area (Å²) in [7, 11) is -2.47. The fourth-order valence-corrected chi connectivity index (χ4v) is 2.87. The molecule has 0 heterocycles. The molecule has 0 radical (unpaired) electrons. The Hall–Kier alpha value is -2.54. The molecule has 0 saturated heterocycles. The number of benzene rings is 2. The lowest BCUT2D eigenvalue weighted by molar-refractivity contribution is -0.139. The molecular formula is C15H15NO5S. The number of methoxy groups -OCH3 is 1. The molecule has 0 aliphatic heterocycles. The minimum absolute atomic E-state index is 0.0148. The highest BCUT2D eigenvalue weighted by atomic mass is 32.2. The Bertz CT molecular complexity index is 769. The van der Waals surface area contributed by atoms with Gasteiger partial charge in [0.2, 0.25) is 0 Å². The van der Waals surface area contributed by atoms with Crippen LogP contribution in [0.15, 0.2) is 53.4 Å². The Labute approximate surface area is 128 Å². The zero-order valence-corrected chi connectivity index (χ0v) is 12.6. The number of phenolic OH excluding ortho intramolecular Hbond substituents is 1. The van der Waals surface area contributed by atoms with Gasteiger partial charge in [-0.15, -0.1) is 0 Å². The number of aromatic hydroxyl groups is 1. The first-order valence-electron chi connectivity index (χ1n) is 6.38. The van der Waals surface area contributed by atoms with E-state index >= 15 is 0 Å². The van der Waals surface area contributed by atoms with Crippen LogP contribution >= 0.6 is 0 Å². The smallest absolute Gasteiger partial charge is 0.309 e. The van der Waals surface area contributed by atoms with Crippen LogP contribution in [0.1, 0.15) is 5.56 Å². The van der Waals surface area contributed by atoms with E-state index in [2.05, 4.69) is 9.46 Å². The highest BCUT2D eigenvalue weighted by molar-refractivity contribution is 7.92. The summed E-state index contributed by atoms with van der Waals surface area (Å²) >= 11 is 0. The molecule has 0 amide bonds. The van der Waals surface area contributed by atoms with Gasteiger partial charge in [0, 0.05) is 5.69 Å². The lowest BCUT2D eigenvalue weighted by Crippen LogP contribution is -2.13. The summed E-state index contributed by atoms with van der Waals surface area (Å²) in [5, 5.41) is 9.20. The SMILES string of the molecule is COC(=O)Cc1cccc(NS(=O)(=O)c2ccc(O)cc2)c1. The van der Waals surface area contributed by atoms with Crippen molar-refractivity contribution in [2.45, 2.75) is 11.3 Å². The van der Waals surface area contributed by atoms with Gasteiger partial charge in [-0.3, -0.25) is 9.52 Å². The molecule has 2 aromatic carbocycles. The van der Waals surface area contributed by atoms with Crippen LogP contribution in [0, 0.1) is 0 Å². The predicted octanol–water partition coefficient (Wildman–Crippen LogP) is 1.91. The number of hydrogen-bond acceptors (Lipinski definition) is 5. The molecule has 2 N–H and O–H groups in total. The number of nitrogens with one attached hydrogen (secondary N) is 1. The van der Waals surface area contributed by atoms with E-state index in [0.29, 0.717) is 11.3 Å². The molecule has 0 aliphatic rings. The van der Waals surface area contributed by atoms with E-state index < -0.39 is 16.0 Å². The number of carbonyl (C=O) groups is 1. The molecule has 0 fully saturated rings. The summed E-state index contributed by atoms with van der Waals surface area (Å²) in [5.74, 6) is -0.419. The van der Waals surface area contributed by atoms with Crippen LogP contribution in [0.25, 0.3) is 0 Å². The van der Waals surface area contributed by atoms with E-state index in [1.165, 1.54) is 31.4 Å². The summed E-state index contributed by atoms with van der Waals surface area (Å²) in [6.45, 7) is 0. The zero-order chi connectivity index (χ0) is 16.2. The first kappa shape index (κ1) is 15.8. The van der Waals surface area contributed by atoms with Crippen LogP contribution in [0.4, 0.5) is 5.69 Å². The second-order valence-electron chi connectivity index (χ2n) is 4.55. The highest BCUT2D eigenvalue weighted by Crippen LogP contribution is 2.19. The molecule has 116 valence electrons. The third-order valence-corrected chi connectivity index (χ3v) is 4.30. The Morgan fingerprint density at radius 2 is 1.86 bits per heavy atom. The number of sulfonamides is 1. The Kier molecular flexibility index (Phi) is 4.67. The van der Waals surface area contributed by atoms with E-state index in [1.54, 1.807) is 24.3 Å². The van der Waals surface area contributed by atoms with E-state index in [1.807, 2.05) is 0 Å². The van der Waals surface area contributed by atoms with Crippen molar-refractivity contribution in [1.82, 2.24) is 0 Å². The van der Waals surface area contributed by atoms with Crippen LogP contribution < -0.4 is 4.72 Å². The lowest BCUT2D eigenvalue weighted by atomic mass is 10.1. The van der Waals surface area contributed by atoms with Gasteiger partial charge in [-0.25, -0.2) is 8.42 Å². The van der Waals surface area contributed by atoms with Gasteiger partial charge in [-0.05, 0) is 42.0 Å². The van der Waals surface area contributed by atoms with Crippen molar-refractivity contribution in [2.75, 3.05) is 11.8 Å². The maximum atomic E-state index is 12.2. The predicted molar refractivity (Wildman–Crippen MR) is 81.1 cm³/mol. The fourth-order valence-electron chi connectivity index (χ4n) is 1.82. The molecule has 0 bridgehead atoms. The minimum atomic E-state index is -3.76. The second-order valence-corrected chi connectivity index (χ2v) is 6.24. The minimum Gasteiger partial charge on any atom is -0.508 e. The molecule has 0 atom stereocenters. The lowest BCUT2D eigenvalue weighted by Gasteiger charge is -2.09. The van der Waals surface area contributed by atoms with E-state index in [4.69, 9.17) is 0 Å². The molecule has 2 aromatic rings. The summed E-state index contributed by atoms with van der Waals surface area (Å²) in [6, 6.07) is 11.7. The number of phenols is 1. The average molecular weight is 321 g/mol. The summed E-state index contributed by atoms with van der Waals surface area (Å²) in [6.07, 6.45) is 0.0608. The molecular weight excluding hydrogens is 306 g/mol.